The second kappa shape index (κ2) is 4.86. The normalized spacial score (nSPS) is 15.9. The first-order chi connectivity index (χ1) is 6.65. The third-order valence-corrected chi connectivity index (χ3v) is 2.26. The maximum atomic E-state index is 11.0. The zero-order chi connectivity index (χ0) is 10.6. The Kier molecular flexibility index (Phi) is 3.77. The Morgan fingerprint density at radius 1 is 1.43 bits per heavy atom. The van der Waals surface area contributed by atoms with E-state index in [4.69, 9.17) is 0 Å². The van der Waals surface area contributed by atoms with Gasteiger partial charge in [-0.25, -0.2) is 0 Å². The van der Waals surface area contributed by atoms with Crippen LogP contribution < -0.4 is 5.09 Å². The summed E-state index contributed by atoms with van der Waals surface area (Å²) in [5.74, 6) is -0.832. The fraction of sp³-hybridized carbons (Fsp3) is 0.375. The van der Waals surface area contributed by atoms with Crippen molar-refractivity contribution in [2.75, 3.05) is 13.2 Å². The molecule has 3 amide bonds. The van der Waals surface area contributed by atoms with E-state index in [-0.39, 0.29) is 30.7 Å². The Hall–Kier alpha value is -1.22. The van der Waals surface area contributed by atoms with Crippen molar-refractivity contribution in [2.45, 2.75) is 6.42 Å². The molecule has 0 saturated carbocycles. The topological polar surface area (TPSA) is 66.5 Å². The summed E-state index contributed by atoms with van der Waals surface area (Å²) in [4.78, 5) is 34.2. The average molecular weight is 214 g/mol. The number of rotatable bonds is 4. The van der Waals surface area contributed by atoms with Gasteiger partial charge in [0.05, 0.1) is 0 Å². The molecule has 0 spiro atoms. The van der Waals surface area contributed by atoms with Crippen molar-refractivity contribution >= 4 is 26.5 Å². The van der Waals surface area contributed by atoms with Crippen molar-refractivity contribution < 1.29 is 14.4 Å². The molecule has 6 heteroatoms. The molecular weight excluding hydrogens is 203 g/mol. The Morgan fingerprint density at radius 2 is 2.00 bits per heavy atom. The van der Waals surface area contributed by atoms with E-state index in [1.54, 1.807) is 0 Å². The molecule has 1 aliphatic rings. The molecule has 0 aliphatic carbocycles. The molecular formula is C8H11N2O3P. The third-order valence-electron chi connectivity index (χ3n) is 1.73. The summed E-state index contributed by atoms with van der Waals surface area (Å²) >= 11 is 0. The predicted octanol–water partition coefficient (Wildman–Crippen LogP) is -0.359. The van der Waals surface area contributed by atoms with Crippen LogP contribution in [0.4, 0.5) is 0 Å². The Morgan fingerprint density at radius 3 is 2.50 bits per heavy atom. The van der Waals surface area contributed by atoms with Crippen LogP contribution in [-0.4, -0.2) is 35.8 Å². The van der Waals surface area contributed by atoms with Crippen molar-refractivity contribution in [1.29, 1.82) is 0 Å². The number of carbonyl (C=O) groups is 3. The molecule has 1 aliphatic heterocycles. The van der Waals surface area contributed by atoms with E-state index in [9.17, 15) is 14.4 Å². The number of carbonyl (C=O) groups excluding carboxylic acids is 3. The summed E-state index contributed by atoms with van der Waals surface area (Å²) in [5.41, 5.74) is 0. The highest BCUT2D eigenvalue weighted by atomic mass is 31.1. The second-order valence-electron chi connectivity index (χ2n) is 2.71. The van der Waals surface area contributed by atoms with Crippen LogP contribution in [0.5, 0.6) is 0 Å². The van der Waals surface area contributed by atoms with Gasteiger partial charge in [0.15, 0.2) is 0 Å². The van der Waals surface area contributed by atoms with Crippen LogP contribution in [-0.2, 0) is 14.4 Å². The molecule has 1 rings (SSSR count). The zero-order valence-electron chi connectivity index (χ0n) is 7.74. The van der Waals surface area contributed by atoms with Gasteiger partial charge in [-0.1, -0.05) is 0 Å². The third kappa shape index (κ3) is 2.64. The Bertz CT molecular complexity index is 283. The van der Waals surface area contributed by atoms with Crippen LogP contribution in [0.1, 0.15) is 6.42 Å². The molecule has 0 aromatic rings. The smallest absolute Gasteiger partial charge is 0.253 e. The molecule has 1 N–H and O–H groups in total. The fourth-order valence-electron chi connectivity index (χ4n) is 1.07. The monoisotopic (exact) mass is 214 g/mol. The molecule has 0 aromatic heterocycles. The number of amides is 3. The first kappa shape index (κ1) is 10.9. The molecule has 1 heterocycles. The molecule has 0 fully saturated rings. The lowest BCUT2D eigenvalue weighted by atomic mass is 10.4. The summed E-state index contributed by atoms with van der Waals surface area (Å²) in [6, 6.07) is 0. The number of imide groups is 1. The minimum atomic E-state index is -0.346. The van der Waals surface area contributed by atoms with Crippen LogP contribution in [0.3, 0.4) is 0 Å². The molecule has 1 unspecified atom stereocenters. The van der Waals surface area contributed by atoms with Gasteiger partial charge in [0.1, 0.15) is 0 Å². The van der Waals surface area contributed by atoms with Crippen molar-refractivity contribution in [3.8, 4) is 0 Å². The Labute approximate surface area is 83.4 Å². The second-order valence-corrected chi connectivity index (χ2v) is 3.46. The van der Waals surface area contributed by atoms with Gasteiger partial charge in [-0.15, -0.1) is 0 Å². The Balaban J connectivity index is 2.35. The van der Waals surface area contributed by atoms with E-state index in [0.717, 1.165) is 4.90 Å². The maximum Gasteiger partial charge on any atom is 0.253 e. The first-order valence-electron chi connectivity index (χ1n) is 4.14. The first-order valence-corrected chi connectivity index (χ1v) is 5.64. The lowest BCUT2D eigenvalue weighted by Crippen LogP contribution is -2.33. The number of hydrogen-bond donors (Lipinski definition) is 1. The van der Waals surface area contributed by atoms with Gasteiger partial charge >= 0.3 is 0 Å². The maximum absolute atomic E-state index is 11.0. The largest absolute Gasteiger partial charge is 0.338 e. The van der Waals surface area contributed by atoms with Crippen molar-refractivity contribution in [2.24, 2.45) is 0 Å². The minimum absolute atomic E-state index is 0.140. The molecule has 5 nitrogen and oxygen atoms in total. The zero-order valence-corrected chi connectivity index (χ0v) is 8.74. The highest BCUT2D eigenvalue weighted by Gasteiger charge is 2.23. The number of hydrogen-bond acceptors (Lipinski definition) is 3. The van der Waals surface area contributed by atoms with Crippen molar-refractivity contribution in [3.05, 3.63) is 12.2 Å². The minimum Gasteiger partial charge on any atom is -0.338 e. The summed E-state index contributed by atoms with van der Waals surface area (Å²) in [6.45, 7) is 1.99. The lowest BCUT2D eigenvalue weighted by Gasteiger charge is -2.12. The van der Waals surface area contributed by atoms with E-state index in [0.29, 0.717) is 8.73 Å². The van der Waals surface area contributed by atoms with Gasteiger partial charge in [0.25, 0.3) is 11.8 Å². The highest BCUT2D eigenvalue weighted by Crippen LogP contribution is 2.04. The van der Waals surface area contributed by atoms with Crippen LogP contribution in [0.15, 0.2) is 12.2 Å². The van der Waals surface area contributed by atoms with Gasteiger partial charge in [0, 0.05) is 25.1 Å². The van der Waals surface area contributed by atoms with Crippen LogP contribution >= 0.6 is 8.73 Å². The van der Waals surface area contributed by atoms with E-state index < -0.39 is 0 Å². The molecule has 0 bridgehead atoms. The lowest BCUT2D eigenvalue weighted by molar-refractivity contribution is -0.137. The van der Waals surface area contributed by atoms with Crippen LogP contribution in [0.2, 0.25) is 0 Å². The molecule has 1 atom stereocenters. The number of nitrogens with zero attached hydrogens (tertiary/aromatic N) is 1. The summed E-state index contributed by atoms with van der Waals surface area (Å²) in [6.07, 6.45) is 2.59. The molecule has 0 radical (unpaired) electrons. The van der Waals surface area contributed by atoms with Gasteiger partial charge in [0.2, 0.25) is 5.91 Å². The standard InChI is InChI=1S/C8H11N2O3P/c1-14-9-6(11)4-5-10-7(12)2-3-8(10)13/h2-3,14H,4-5H2,1H3,(H,9,11). The molecule has 0 aromatic carbocycles. The summed E-state index contributed by atoms with van der Waals surface area (Å²) in [5, 5.41) is 2.62. The van der Waals surface area contributed by atoms with E-state index in [2.05, 4.69) is 5.09 Å². The summed E-state index contributed by atoms with van der Waals surface area (Å²) in [7, 11) is 0.343. The molecule has 14 heavy (non-hydrogen) atoms. The molecule has 76 valence electrons. The van der Waals surface area contributed by atoms with E-state index >= 15 is 0 Å². The average Bonchev–Trinajstić information content (AvgIpc) is 2.44. The van der Waals surface area contributed by atoms with Crippen molar-refractivity contribution in [3.63, 3.8) is 0 Å². The van der Waals surface area contributed by atoms with Gasteiger partial charge < -0.3 is 5.09 Å². The van der Waals surface area contributed by atoms with E-state index in [1.165, 1.54) is 12.2 Å². The SMILES string of the molecule is CPNC(=O)CCN1C(=O)C=CC1=O. The number of nitrogens with one attached hydrogen (secondary N) is 1. The van der Waals surface area contributed by atoms with Gasteiger partial charge in [-0.2, -0.15) is 0 Å². The van der Waals surface area contributed by atoms with Crippen molar-refractivity contribution in [1.82, 2.24) is 9.99 Å². The highest BCUT2D eigenvalue weighted by molar-refractivity contribution is 7.35. The van der Waals surface area contributed by atoms with Crippen LogP contribution in [0.25, 0.3) is 0 Å². The van der Waals surface area contributed by atoms with Gasteiger partial charge in [-0.3, -0.25) is 19.3 Å². The predicted molar refractivity (Wildman–Crippen MR) is 52.9 cm³/mol. The van der Waals surface area contributed by atoms with Crippen LogP contribution in [0, 0.1) is 0 Å². The quantitative estimate of drug-likeness (QED) is 0.513. The summed E-state index contributed by atoms with van der Waals surface area (Å²) < 4.78 is 0. The molecule has 0 saturated heterocycles. The van der Waals surface area contributed by atoms with Gasteiger partial charge in [-0.05, 0) is 15.4 Å². The van der Waals surface area contributed by atoms with E-state index in [1.807, 2.05) is 6.66 Å². The fourth-order valence-corrected chi connectivity index (χ4v) is 1.47.